The number of aliphatic hydroxyl groups excluding tert-OH is 2. The van der Waals surface area contributed by atoms with E-state index in [4.69, 9.17) is 16.3 Å². The van der Waals surface area contributed by atoms with Crippen LogP contribution < -0.4 is 0 Å². The molecular formula is C8H11FO3. The Hall–Kier alpha value is -0.630. The maximum atomic E-state index is 13.5. The molecule has 1 rings (SSSR count). The molecule has 12 heavy (non-hydrogen) atoms. The van der Waals surface area contributed by atoms with E-state index in [-0.39, 0.29) is 0 Å². The van der Waals surface area contributed by atoms with Crippen molar-refractivity contribution in [1.82, 2.24) is 0 Å². The molecule has 0 aliphatic carbocycles. The van der Waals surface area contributed by atoms with Crippen molar-refractivity contribution < 1.29 is 19.3 Å². The van der Waals surface area contributed by atoms with E-state index in [0.29, 0.717) is 0 Å². The zero-order chi connectivity index (χ0) is 9.35. The van der Waals surface area contributed by atoms with Crippen LogP contribution in [0.25, 0.3) is 0 Å². The van der Waals surface area contributed by atoms with Crippen molar-refractivity contribution in [3.63, 3.8) is 0 Å². The van der Waals surface area contributed by atoms with Crippen LogP contribution in [-0.4, -0.2) is 40.8 Å². The van der Waals surface area contributed by atoms with Crippen molar-refractivity contribution in [2.75, 3.05) is 6.61 Å². The Morgan fingerprint density at radius 2 is 2.33 bits per heavy atom. The highest BCUT2D eigenvalue weighted by Gasteiger charge is 2.53. The lowest BCUT2D eigenvalue weighted by molar-refractivity contribution is -0.0171. The first kappa shape index (κ1) is 9.46. The van der Waals surface area contributed by atoms with Gasteiger partial charge in [0.05, 0.1) is 6.61 Å². The molecule has 1 fully saturated rings. The lowest BCUT2D eigenvalue weighted by Gasteiger charge is -2.19. The van der Waals surface area contributed by atoms with Gasteiger partial charge in [0, 0.05) is 0 Å². The third-order valence-corrected chi connectivity index (χ3v) is 2.15. The second kappa shape index (κ2) is 3.02. The van der Waals surface area contributed by atoms with Crippen LogP contribution >= 0.6 is 0 Å². The molecule has 0 spiro atoms. The fourth-order valence-electron chi connectivity index (χ4n) is 1.29. The van der Waals surface area contributed by atoms with Gasteiger partial charge in [-0.2, -0.15) is 0 Å². The van der Waals surface area contributed by atoms with Crippen molar-refractivity contribution >= 4 is 0 Å². The summed E-state index contributed by atoms with van der Waals surface area (Å²) in [6.45, 7) is 0.998. The largest absolute Gasteiger partial charge is 0.394 e. The first-order valence-corrected chi connectivity index (χ1v) is 3.67. The molecule has 4 atom stereocenters. The van der Waals surface area contributed by atoms with Gasteiger partial charge in [0.2, 0.25) is 5.67 Å². The minimum Gasteiger partial charge on any atom is -0.394 e. The Bertz CT molecular complexity index is 213. The van der Waals surface area contributed by atoms with Gasteiger partial charge in [-0.05, 0) is 6.92 Å². The van der Waals surface area contributed by atoms with E-state index < -0.39 is 30.6 Å². The van der Waals surface area contributed by atoms with Crippen LogP contribution in [0.1, 0.15) is 6.92 Å². The number of terminal acetylenes is 1. The second-order valence-corrected chi connectivity index (χ2v) is 2.86. The molecule has 0 aromatic rings. The van der Waals surface area contributed by atoms with Crippen molar-refractivity contribution in [3.05, 3.63) is 0 Å². The van der Waals surface area contributed by atoms with Crippen molar-refractivity contribution in [2.45, 2.75) is 30.9 Å². The van der Waals surface area contributed by atoms with Crippen LogP contribution in [0.5, 0.6) is 0 Å². The van der Waals surface area contributed by atoms with Gasteiger partial charge in [-0.15, -0.1) is 6.42 Å². The molecule has 68 valence electrons. The summed E-state index contributed by atoms with van der Waals surface area (Å²) in [4.78, 5) is 0. The van der Waals surface area contributed by atoms with Gasteiger partial charge in [0.25, 0.3) is 0 Å². The Balaban J connectivity index is 2.85. The summed E-state index contributed by atoms with van der Waals surface area (Å²) in [6.07, 6.45) is 1.68. The Morgan fingerprint density at radius 3 is 2.58 bits per heavy atom. The number of halogens is 1. The number of hydrogen-bond donors (Lipinski definition) is 2. The highest BCUT2D eigenvalue weighted by atomic mass is 19.1. The molecule has 1 saturated heterocycles. The van der Waals surface area contributed by atoms with Crippen molar-refractivity contribution in [3.8, 4) is 12.3 Å². The first-order valence-electron chi connectivity index (χ1n) is 3.67. The number of alkyl halides is 1. The van der Waals surface area contributed by atoms with Gasteiger partial charge in [0.1, 0.15) is 18.3 Å². The van der Waals surface area contributed by atoms with Crippen LogP contribution in [0.3, 0.4) is 0 Å². The van der Waals surface area contributed by atoms with E-state index in [1.54, 1.807) is 0 Å². The molecule has 0 amide bonds. The molecule has 1 heterocycles. The topological polar surface area (TPSA) is 49.7 Å². The normalized spacial score (nSPS) is 47.4. The zero-order valence-corrected chi connectivity index (χ0v) is 6.70. The quantitative estimate of drug-likeness (QED) is 0.525. The van der Waals surface area contributed by atoms with Gasteiger partial charge in [-0.25, -0.2) is 4.39 Å². The van der Waals surface area contributed by atoms with Crippen molar-refractivity contribution in [2.24, 2.45) is 0 Å². The molecule has 0 aromatic carbocycles. The summed E-state index contributed by atoms with van der Waals surface area (Å²) in [6, 6.07) is 0. The Morgan fingerprint density at radius 1 is 1.75 bits per heavy atom. The van der Waals surface area contributed by atoms with Gasteiger partial charge in [0.15, 0.2) is 0 Å². The molecular weight excluding hydrogens is 163 g/mol. The van der Waals surface area contributed by atoms with Crippen LogP contribution in [0.4, 0.5) is 4.39 Å². The van der Waals surface area contributed by atoms with Crippen LogP contribution in [0.15, 0.2) is 0 Å². The molecule has 1 aliphatic heterocycles. The molecule has 0 unspecified atom stereocenters. The molecule has 1 aliphatic rings. The third kappa shape index (κ3) is 1.11. The summed E-state index contributed by atoms with van der Waals surface area (Å²) < 4.78 is 18.5. The monoisotopic (exact) mass is 174 g/mol. The Kier molecular flexibility index (Phi) is 2.38. The second-order valence-electron chi connectivity index (χ2n) is 2.86. The molecule has 0 saturated carbocycles. The molecule has 3 nitrogen and oxygen atoms in total. The first-order chi connectivity index (χ1) is 5.56. The fourth-order valence-corrected chi connectivity index (χ4v) is 1.29. The smallest absolute Gasteiger partial charge is 0.224 e. The lowest BCUT2D eigenvalue weighted by atomic mass is 9.94. The van der Waals surface area contributed by atoms with Crippen LogP contribution in [-0.2, 0) is 4.74 Å². The number of aliphatic hydroxyl groups is 2. The SMILES string of the molecule is C#C[C@]1(F)[C@H](C)O[C@H](CO)[C@H]1O. The summed E-state index contributed by atoms with van der Waals surface area (Å²) >= 11 is 0. The van der Waals surface area contributed by atoms with Crippen LogP contribution in [0, 0.1) is 12.3 Å². The fraction of sp³-hybridized carbons (Fsp3) is 0.750. The van der Waals surface area contributed by atoms with Crippen molar-refractivity contribution in [1.29, 1.82) is 0 Å². The minimum absolute atomic E-state index is 0.432. The van der Waals surface area contributed by atoms with E-state index in [9.17, 15) is 9.50 Å². The molecule has 4 heteroatoms. The van der Waals surface area contributed by atoms with Crippen LogP contribution in [0.2, 0.25) is 0 Å². The highest BCUT2D eigenvalue weighted by molar-refractivity contribution is 5.19. The zero-order valence-electron chi connectivity index (χ0n) is 6.70. The van der Waals surface area contributed by atoms with E-state index >= 15 is 0 Å². The van der Waals surface area contributed by atoms with Gasteiger partial charge < -0.3 is 14.9 Å². The molecule has 0 aromatic heterocycles. The summed E-state index contributed by atoms with van der Waals surface area (Å²) in [5.41, 5.74) is -2.17. The maximum Gasteiger partial charge on any atom is 0.224 e. The standard InChI is InChI=1S/C8H11FO3/c1-3-8(9)5(2)12-6(4-10)7(8)11/h1,5-7,10-11H,4H2,2H3/t5-,6+,7+,8-/m0/s1. The maximum absolute atomic E-state index is 13.5. The number of hydrogen-bond acceptors (Lipinski definition) is 3. The predicted molar refractivity (Wildman–Crippen MR) is 40.1 cm³/mol. The number of ether oxygens (including phenoxy) is 1. The van der Waals surface area contributed by atoms with E-state index in [1.165, 1.54) is 6.92 Å². The highest BCUT2D eigenvalue weighted by Crippen LogP contribution is 2.33. The van der Waals surface area contributed by atoms with E-state index in [2.05, 4.69) is 0 Å². The average Bonchev–Trinajstić information content (AvgIpc) is 2.30. The lowest BCUT2D eigenvalue weighted by Crippen LogP contribution is -2.42. The molecule has 2 N–H and O–H groups in total. The van der Waals surface area contributed by atoms with E-state index in [0.717, 1.165) is 0 Å². The summed E-state index contributed by atoms with van der Waals surface area (Å²) in [7, 11) is 0. The Labute approximate surface area is 70.2 Å². The van der Waals surface area contributed by atoms with Gasteiger partial charge >= 0.3 is 0 Å². The molecule has 0 bridgehead atoms. The van der Waals surface area contributed by atoms with Gasteiger partial charge in [-0.3, -0.25) is 0 Å². The summed E-state index contributed by atoms with van der Waals surface area (Å²) in [5, 5.41) is 17.9. The number of rotatable bonds is 1. The van der Waals surface area contributed by atoms with E-state index in [1.807, 2.05) is 5.92 Å². The predicted octanol–water partition coefficient (Wildman–Crippen LogP) is -0.532. The minimum atomic E-state index is -2.17. The third-order valence-electron chi connectivity index (χ3n) is 2.15. The summed E-state index contributed by atoms with van der Waals surface area (Å²) in [5.74, 6) is 1.85. The van der Waals surface area contributed by atoms with Gasteiger partial charge in [-0.1, -0.05) is 5.92 Å². The average molecular weight is 174 g/mol. The molecule has 0 radical (unpaired) electrons.